The van der Waals surface area contributed by atoms with Crippen molar-refractivity contribution < 1.29 is 0 Å². The predicted molar refractivity (Wildman–Crippen MR) is 67.4 cm³/mol. The largest absolute Gasteiger partial charge is 0.294 e. The molecule has 0 amide bonds. The van der Waals surface area contributed by atoms with E-state index in [0.29, 0.717) is 12.1 Å². The fraction of sp³-hybridized carbons (Fsp3) is 0.643. The molecule has 1 fully saturated rings. The maximum Gasteiger partial charge on any atom is 0.0372 e. The second-order valence-electron chi connectivity index (χ2n) is 5.08. The third-order valence-electron chi connectivity index (χ3n) is 3.53. The van der Waals surface area contributed by atoms with Crippen LogP contribution in [0.5, 0.6) is 0 Å². The number of hydrogen-bond acceptors (Lipinski definition) is 2. The standard InChI is InChI=1S/C14H22N2/c1-11(2)16-9-5-4-6-14(16)13-8-7-12(3)15-10-13/h7-8,10-11,14H,4-6,9H2,1-3H3/t14-/m0/s1. The number of piperidine rings is 1. The molecule has 1 atom stereocenters. The molecule has 0 N–H and O–H groups in total. The Hall–Kier alpha value is -0.890. The van der Waals surface area contributed by atoms with E-state index < -0.39 is 0 Å². The number of likely N-dealkylation sites (tertiary alicyclic amines) is 1. The van der Waals surface area contributed by atoms with E-state index in [0.717, 1.165) is 5.69 Å². The van der Waals surface area contributed by atoms with Crippen LogP contribution in [0.15, 0.2) is 18.3 Å². The summed E-state index contributed by atoms with van der Waals surface area (Å²) in [4.78, 5) is 7.03. The molecule has 88 valence electrons. The summed E-state index contributed by atoms with van der Waals surface area (Å²) < 4.78 is 0. The van der Waals surface area contributed by atoms with Crippen LogP contribution >= 0.6 is 0 Å². The van der Waals surface area contributed by atoms with Gasteiger partial charge in [-0.15, -0.1) is 0 Å². The van der Waals surface area contributed by atoms with Crippen LogP contribution in [0.4, 0.5) is 0 Å². The van der Waals surface area contributed by atoms with Gasteiger partial charge in [0, 0.05) is 24.0 Å². The first-order valence-electron chi connectivity index (χ1n) is 6.37. The average Bonchev–Trinajstić information content (AvgIpc) is 2.30. The maximum absolute atomic E-state index is 4.42. The van der Waals surface area contributed by atoms with E-state index in [1.165, 1.54) is 31.4 Å². The molecule has 2 heteroatoms. The zero-order valence-corrected chi connectivity index (χ0v) is 10.6. The van der Waals surface area contributed by atoms with Crippen molar-refractivity contribution in [2.45, 2.75) is 52.1 Å². The third kappa shape index (κ3) is 2.43. The lowest BCUT2D eigenvalue weighted by Gasteiger charge is -2.38. The van der Waals surface area contributed by atoms with Gasteiger partial charge in [-0.25, -0.2) is 0 Å². The van der Waals surface area contributed by atoms with E-state index >= 15 is 0 Å². The van der Waals surface area contributed by atoms with Crippen LogP contribution in [0.3, 0.4) is 0 Å². The van der Waals surface area contributed by atoms with Crippen LogP contribution < -0.4 is 0 Å². The molecular formula is C14H22N2. The third-order valence-corrected chi connectivity index (χ3v) is 3.53. The number of pyridine rings is 1. The van der Waals surface area contributed by atoms with Gasteiger partial charge in [0.25, 0.3) is 0 Å². The van der Waals surface area contributed by atoms with Gasteiger partial charge in [-0.1, -0.05) is 12.5 Å². The van der Waals surface area contributed by atoms with Crippen molar-refractivity contribution in [2.75, 3.05) is 6.54 Å². The van der Waals surface area contributed by atoms with Crippen molar-refractivity contribution in [3.8, 4) is 0 Å². The van der Waals surface area contributed by atoms with Crippen molar-refractivity contribution in [1.82, 2.24) is 9.88 Å². The molecular weight excluding hydrogens is 196 g/mol. The Kier molecular flexibility index (Phi) is 3.59. The lowest BCUT2D eigenvalue weighted by Crippen LogP contribution is -2.38. The van der Waals surface area contributed by atoms with Crippen molar-refractivity contribution in [3.63, 3.8) is 0 Å². The molecule has 1 aliphatic heterocycles. The highest BCUT2D eigenvalue weighted by atomic mass is 15.2. The molecule has 2 nitrogen and oxygen atoms in total. The minimum atomic E-state index is 0.585. The Bertz CT molecular complexity index is 329. The van der Waals surface area contributed by atoms with Gasteiger partial charge in [0.2, 0.25) is 0 Å². The van der Waals surface area contributed by atoms with E-state index in [4.69, 9.17) is 0 Å². The highest BCUT2D eigenvalue weighted by molar-refractivity contribution is 5.18. The van der Waals surface area contributed by atoms with Crippen molar-refractivity contribution in [1.29, 1.82) is 0 Å². The van der Waals surface area contributed by atoms with Gasteiger partial charge in [-0.05, 0) is 51.8 Å². The summed E-state index contributed by atoms with van der Waals surface area (Å²) in [5.41, 5.74) is 2.50. The van der Waals surface area contributed by atoms with E-state index in [2.05, 4.69) is 42.1 Å². The van der Waals surface area contributed by atoms with Crippen LogP contribution in [-0.2, 0) is 0 Å². The topological polar surface area (TPSA) is 16.1 Å². The summed E-state index contributed by atoms with van der Waals surface area (Å²) in [5.74, 6) is 0. The molecule has 2 rings (SSSR count). The highest BCUT2D eigenvalue weighted by Crippen LogP contribution is 2.31. The number of hydrogen-bond donors (Lipinski definition) is 0. The number of rotatable bonds is 2. The Morgan fingerprint density at radius 2 is 2.12 bits per heavy atom. The maximum atomic E-state index is 4.42. The zero-order chi connectivity index (χ0) is 11.5. The van der Waals surface area contributed by atoms with Crippen LogP contribution in [-0.4, -0.2) is 22.5 Å². The van der Waals surface area contributed by atoms with Crippen molar-refractivity contribution in [2.24, 2.45) is 0 Å². The van der Waals surface area contributed by atoms with E-state index in [1.54, 1.807) is 0 Å². The zero-order valence-electron chi connectivity index (χ0n) is 10.6. The Labute approximate surface area is 98.7 Å². The van der Waals surface area contributed by atoms with Crippen LogP contribution in [0.2, 0.25) is 0 Å². The lowest BCUT2D eigenvalue weighted by atomic mass is 9.95. The lowest BCUT2D eigenvalue weighted by molar-refractivity contribution is 0.112. The van der Waals surface area contributed by atoms with Gasteiger partial charge >= 0.3 is 0 Å². The second kappa shape index (κ2) is 4.96. The normalized spacial score (nSPS) is 22.6. The SMILES string of the molecule is Cc1ccc([C@@H]2CCCCN2C(C)C)cn1. The average molecular weight is 218 g/mol. The molecule has 0 saturated carbocycles. The van der Waals surface area contributed by atoms with Gasteiger partial charge < -0.3 is 0 Å². The van der Waals surface area contributed by atoms with E-state index in [1.807, 2.05) is 6.92 Å². The van der Waals surface area contributed by atoms with Gasteiger partial charge in [0.05, 0.1) is 0 Å². The quantitative estimate of drug-likeness (QED) is 0.757. The van der Waals surface area contributed by atoms with Crippen LogP contribution in [0, 0.1) is 6.92 Å². The molecule has 1 saturated heterocycles. The summed E-state index contributed by atoms with van der Waals surface area (Å²) in [5, 5.41) is 0. The highest BCUT2D eigenvalue weighted by Gasteiger charge is 2.25. The van der Waals surface area contributed by atoms with Crippen molar-refractivity contribution in [3.05, 3.63) is 29.6 Å². The first-order valence-corrected chi connectivity index (χ1v) is 6.37. The summed E-state index contributed by atoms with van der Waals surface area (Å²) in [6, 6.07) is 5.59. The molecule has 1 aromatic rings. The summed E-state index contributed by atoms with van der Waals surface area (Å²) >= 11 is 0. The Morgan fingerprint density at radius 1 is 1.31 bits per heavy atom. The predicted octanol–water partition coefficient (Wildman–Crippen LogP) is 3.33. The first-order chi connectivity index (χ1) is 7.68. The molecule has 0 aliphatic carbocycles. The van der Waals surface area contributed by atoms with Gasteiger partial charge in [0.15, 0.2) is 0 Å². The summed E-state index contributed by atoms with van der Waals surface area (Å²) in [7, 11) is 0. The number of nitrogens with zero attached hydrogens (tertiary/aromatic N) is 2. The Morgan fingerprint density at radius 3 is 2.75 bits per heavy atom. The minimum Gasteiger partial charge on any atom is -0.294 e. The monoisotopic (exact) mass is 218 g/mol. The van der Waals surface area contributed by atoms with Gasteiger partial charge in [0.1, 0.15) is 0 Å². The Balaban J connectivity index is 2.19. The molecule has 0 spiro atoms. The molecule has 2 heterocycles. The molecule has 0 bridgehead atoms. The second-order valence-corrected chi connectivity index (χ2v) is 5.08. The molecule has 0 aromatic carbocycles. The molecule has 16 heavy (non-hydrogen) atoms. The van der Waals surface area contributed by atoms with Gasteiger partial charge in [-0.3, -0.25) is 9.88 Å². The number of aromatic nitrogens is 1. The molecule has 1 aromatic heterocycles. The fourth-order valence-electron chi connectivity index (χ4n) is 2.61. The van der Waals surface area contributed by atoms with Gasteiger partial charge in [-0.2, -0.15) is 0 Å². The minimum absolute atomic E-state index is 0.585. The molecule has 0 unspecified atom stereocenters. The summed E-state index contributed by atoms with van der Waals surface area (Å²) in [6.07, 6.45) is 6.03. The van der Waals surface area contributed by atoms with Crippen LogP contribution in [0.1, 0.15) is 50.4 Å². The molecule has 1 aliphatic rings. The van der Waals surface area contributed by atoms with E-state index in [9.17, 15) is 0 Å². The van der Waals surface area contributed by atoms with E-state index in [-0.39, 0.29) is 0 Å². The first kappa shape index (κ1) is 11.6. The summed E-state index contributed by atoms with van der Waals surface area (Å²) in [6.45, 7) is 7.86. The smallest absolute Gasteiger partial charge is 0.0372 e. The number of aryl methyl sites for hydroxylation is 1. The van der Waals surface area contributed by atoms with Crippen molar-refractivity contribution >= 4 is 0 Å². The fourth-order valence-corrected chi connectivity index (χ4v) is 2.61. The molecule has 0 radical (unpaired) electrons. The van der Waals surface area contributed by atoms with Crippen LogP contribution in [0.25, 0.3) is 0 Å².